The van der Waals surface area contributed by atoms with Crippen LogP contribution in [-0.4, -0.2) is 48.5 Å². The Morgan fingerprint density at radius 1 is 1.42 bits per heavy atom. The highest BCUT2D eigenvalue weighted by molar-refractivity contribution is 5.80. The lowest BCUT2D eigenvalue weighted by atomic mass is 10.1. The van der Waals surface area contributed by atoms with E-state index in [-0.39, 0.29) is 0 Å². The molecule has 1 fully saturated rings. The lowest BCUT2D eigenvalue weighted by Gasteiger charge is -2.34. The number of nitrogens with one attached hydrogen (secondary N) is 2. The van der Waals surface area contributed by atoms with E-state index in [1.165, 1.54) is 37.8 Å². The molecular formula is C18H34N6. The first-order valence-corrected chi connectivity index (χ1v) is 9.29. The minimum absolute atomic E-state index is 0.431. The number of rotatable bonds is 7. The first-order valence-electron chi connectivity index (χ1n) is 9.29. The molecule has 0 saturated carbocycles. The topological polar surface area (TPSA) is 57.5 Å². The number of hydrogen-bond acceptors (Lipinski definition) is 3. The molecule has 2 heterocycles. The van der Waals surface area contributed by atoms with Gasteiger partial charge >= 0.3 is 0 Å². The molecule has 0 radical (unpaired) electrons. The van der Waals surface area contributed by atoms with Crippen molar-refractivity contribution < 1.29 is 0 Å². The largest absolute Gasteiger partial charge is 0.367 e. The SMILES string of the molecule is CN=C(NCCCCC(C)C)NC1CCCN(c2cnn(C)c2)C1. The fourth-order valence-corrected chi connectivity index (χ4v) is 3.17. The third-order valence-corrected chi connectivity index (χ3v) is 4.54. The zero-order valence-corrected chi connectivity index (χ0v) is 15.8. The molecule has 2 rings (SSSR count). The van der Waals surface area contributed by atoms with Crippen LogP contribution in [0, 0.1) is 5.92 Å². The molecule has 1 unspecified atom stereocenters. The second-order valence-corrected chi connectivity index (χ2v) is 7.19. The van der Waals surface area contributed by atoms with Gasteiger partial charge in [-0.2, -0.15) is 5.10 Å². The molecule has 136 valence electrons. The van der Waals surface area contributed by atoms with E-state index in [2.05, 4.69) is 45.7 Å². The summed E-state index contributed by atoms with van der Waals surface area (Å²) in [6.07, 6.45) is 10.2. The van der Waals surface area contributed by atoms with Crippen molar-refractivity contribution in [2.45, 2.75) is 52.0 Å². The summed E-state index contributed by atoms with van der Waals surface area (Å²) in [4.78, 5) is 6.78. The molecule has 1 saturated heterocycles. The fraction of sp³-hybridized carbons (Fsp3) is 0.778. The molecule has 1 atom stereocenters. The van der Waals surface area contributed by atoms with E-state index in [0.717, 1.165) is 31.5 Å². The standard InChI is InChI=1S/C18H34N6/c1-15(2)8-5-6-10-20-18(19-3)22-16-9-7-11-24(13-16)17-12-21-23(4)14-17/h12,14-16H,5-11,13H2,1-4H3,(H2,19,20,22). The number of nitrogens with zero attached hydrogens (tertiary/aromatic N) is 4. The molecule has 1 aliphatic rings. The number of anilines is 1. The molecule has 1 aliphatic heterocycles. The highest BCUT2D eigenvalue weighted by Crippen LogP contribution is 2.18. The van der Waals surface area contributed by atoms with Gasteiger partial charge in [0.2, 0.25) is 0 Å². The van der Waals surface area contributed by atoms with E-state index in [4.69, 9.17) is 0 Å². The minimum atomic E-state index is 0.431. The average molecular weight is 335 g/mol. The van der Waals surface area contributed by atoms with Gasteiger partial charge in [-0.25, -0.2) is 0 Å². The third kappa shape index (κ3) is 6.06. The van der Waals surface area contributed by atoms with Crippen LogP contribution < -0.4 is 15.5 Å². The van der Waals surface area contributed by atoms with E-state index >= 15 is 0 Å². The van der Waals surface area contributed by atoms with Crippen molar-refractivity contribution in [3.63, 3.8) is 0 Å². The van der Waals surface area contributed by atoms with Gasteiger partial charge in [-0.3, -0.25) is 9.67 Å². The summed E-state index contributed by atoms with van der Waals surface area (Å²) >= 11 is 0. The third-order valence-electron chi connectivity index (χ3n) is 4.54. The maximum Gasteiger partial charge on any atom is 0.191 e. The monoisotopic (exact) mass is 334 g/mol. The second-order valence-electron chi connectivity index (χ2n) is 7.19. The number of unbranched alkanes of at least 4 members (excludes halogenated alkanes) is 1. The minimum Gasteiger partial charge on any atom is -0.367 e. The van der Waals surface area contributed by atoms with Crippen LogP contribution in [0.1, 0.15) is 46.0 Å². The lowest BCUT2D eigenvalue weighted by Crippen LogP contribution is -2.51. The van der Waals surface area contributed by atoms with Gasteiger partial charge in [-0.15, -0.1) is 0 Å². The Labute approximate surface area is 146 Å². The van der Waals surface area contributed by atoms with Crippen LogP contribution >= 0.6 is 0 Å². The highest BCUT2D eigenvalue weighted by atomic mass is 15.3. The number of aryl methyl sites for hydroxylation is 1. The van der Waals surface area contributed by atoms with Crippen LogP contribution in [0.5, 0.6) is 0 Å². The summed E-state index contributed by atoms with van der Waals surface area (Å²) < 4.78 is 1.87. The number of aliphatic imine (C=N–C) groups is 1. The van der Waals surface area contributed by atoms with Crippen molar-refractivity contribution in [3.8, 4) is 0 Å². The molecule has 24 heavy (non-hydrogen) atoms. The van der Waals surface area contributed by atoms with Crippen LogP contribution in [0.4, 0.5) is 5.69 Å². The van der Waals surface area contributed by atoms with Crippen LogP contribution in [-0.2, 0) is 7.05 Å². The van der Waals surface area contributed by atoms with Crippen LogP contribution in [0.2, 0.25) is 0 Å². The molecule has 2 N–H and O–H groups in total. The van der Waals surface area contributed by atoms with E-state index < -0.39 is 0 Å². The number of hydrogen-bond donors (Lipinski definition) is 2. The van der Waals surface area contributed by atoms with Crippen molar-refractivity contribution in [3.05, 3.63) is 12.4 Å². The molecular weight excluding hydrogens is 300 g/mol. The highest BCUT2D eigenvalue weighted by Gasteiger charge is 2.21. The zero-order chi connectivity index (χ0) is 17.4. The van der Waals surface area contributed by atoms with Gasteiger partial charge in [0.05, 0.1) is 11.9 Å². The molecule has 0 amide bonds. The number of aromatic nitrogens is 2. The summed E-state index contributed by atoms with van der Waals surface area (Å²) in [6.45, 7) is 7.66. The first kappa shape index (κ1) is 18.6. The predicted molar refractivity (Wildman–Crippen MR) is 102 cm³/mol. The smallest absolute Gasteiger partial charge is 0.191 e. The van der Waals surface area contributed by atoms with Gasteiger partial charge in [-0.1, -0.05) is 26.7 Å². The Morgan fingerprint density at radius 3 is 2.92 bits per heavy atom. The van der Waals surface area contributed by atoms with Gasteiger partial charge < -0.3 is 15.5 Å². The lowest BCUT2D eigenvalue weighted by molar-refractivity contribution is 0.466. The Balaban J connectivity index is 1.74. The molecule has 1 aromatic heterocycles. The van der Waals surface area contributed by atoms with E-state index in [1.54, 1.807) is 0 Å². The summed E-state index contributed by atoms with van der Waals surface area (Å²) in [5.74, 6) is 1.72. The normalized spacial score (nSPS) is 19.0. The van der Waals surface area contributed by atoms with E-state index in [0.29, 0.717) is 6.04 Å². The van der Waals surface area contributed by atoms with Crippen LogP contribution in [0.3, 0.4) is 0 Å². The molecule has 6 heteroatoms. The maximum absolute atomic E-state index is 4.38. The Hall–Kier alpha value is -1.72. The van der Waals surface area contributed by atoms with Gasteiger partial charge in [0.15, 0.2) is 5.96 Å². The average Bonchev–Trinajstić information content (AvgIpc) is 3.00. The Bertz CT molecular complexity index is 507. The van der Waals surface area contributed by atoms with Crippen molar-refractivity contribution in [2.24, 2.45) is 18.0 Å². The van der Waals surface area contributed by atoms with Crippen molar-refractivity contribution in [1.29, 1.82) is 0 Å². The zero-order valence-electron chi connectivity index (χ0n) is 15.8. The molecule has 0 aromatic carbocycles. The molecule has 0 spiro atoms. The van der Waals surface area contributed by atoms with Gasteiger partial charge in [0.1, 0.15) is 0 Å². The summed E-state index contributed by atoms with van der Waals surface area (Å²) in [5.41, 5.74) is 1.21. The Morgan fingerprint density at radius 2 is 2.25 bits per heavy atom. The summed E-state index contributed by atoms with van der Waals surface area (Å²) in [6, 6.07) is 0.431. The predicted octanol–water partition coefficient (Wildman–Crippen LogP) is 2.38. The quantitative estimate of drug-likeness (QED) is 0.457. The van der Waals surface area contributed by atoms with Crippen LogP contribution in [0.25, 0.3) is 0 Å². The first-order chi connectivity index (χ1) is 11.6. The van der Waals surface area contributed by atoms with E-state index in [1.807, 2.05) is 25.0 Å². The summed E-state index contributed by atoms with van der Waals surface area (Å²) in [5, 5.41) is 11.3. The van der Waals surface area contributed by atoms with Crippen LogP contribution in [0.15, 0.2) is 17.4 Å². The van der Waals surface area contributed by atoms with Gasteiger partial charge in [0, 0.05) is 46.0 Å². The van der Waals surface area contributed by atoms with Crippen molar-refractivity contribution >= 4 is 11.6 Å². The molecule has 0 aliphatic carbocycles. The molecule has 1 aromatic rings. The van der Waals surface area contributed by atoms with Gasteiger partial charge in [-0.05, 0) is 25.2 Å². The fourth-order valence-electron chi connectivity index (χ4n) is 3.17. The summed E-state index contributed by atoms with van der Waals surface area (Å²) in [7, 11) is 3.82. The van der Waals surface area contributed by atoms with Crippen molar-refractivity contribution in [2.75, 3.05) is 31.6 Å². The number of piperidine rings is 1. The Kier molecular flexibility index (Phi) is 7.40. The molecule has 6 nitrogen and oxygen atoms in total. The van der Waals surface area contributed by atoms with E-state index in [9.17, 15) is 0 Å². The van der Waals surface area contributed by atoms with Crippen molar-refractivity contribution in [1.82, 2.24) is 20.4 Å². The number of guanidine groups is 1. The van der Waals surface area contributed by atoms with Gasteiger partial charge in [0.25, 0.3) is 0 Å². The second kappa shape index (κ2) is 9.55. The maximum atomic E-state index is 4.38. The molecule has 0 bridgehead atoms.